The Morgan fingerprint density at radius 1 is 1.53 bits per heavy atom. The maximum Gasteiger partial charge on any atom is 0.114 e. The molecule has 2 N–H and O–H groups in total. The third-order valence-electron chi connectivity index (χ3n) is 3.70. The number of pyridine rings is 1. The van der Waals surface area contributed by atoms with E-state index in [2.05, 4.69) is 23.0 Å². The number of aryl methyl sites for hydroxylation is 1. The Morgan fingerprint density at radius 3 is 2.87 bits per heavy atom. The molecule has 1 spiro atoms. The number of hydrogen-bond acceptors (Lipinski definition) is 3. The summed E-state index contributed by atoms with van der Waals surface area (Å²) in [6.45, 7) is 4.40. The van der Waals surface area contributed by atoms with Crippen LogP contribution in [0.15, 0.2) is 12.3 Å². The van der Waals surface area contributed by atoms with Gasteiger partial charge in [-0.15, -0.1) is 0 Å². The fraction of sp³-hybridized carbons (Fsp3) is 0.583. The first kappa shape index (κ1) is 9.16. The van der Waals surface area contributed by atoms with Crippen LogP contribution in [0.4, 0.5) is 5.69 Å². The van der Waals surface area contributed by atoms with E-state index in [-0.39, 0.29) is 0 Å². The second kappa shape index (κ2) is 2.95. The number of hydrogen-bond donors (Lipinski definition) is 1. The van der Waals surface area contributed by atoms with Crippen molar-refractivity contribution in [2.45, 2.75) is 25.8 Å². The zero-order valence-corrected chi connectivity index (χ0v) is 9.03. The Hall–Kier alpha value is -1.09. The Labute approximate surface area is 90.3 Å². The number of nitrogens with two attached hydrogens (primary N) is 1. The second-order valence-corrected chi connectivity index (χ2v) is 5.11. The van der Waals surface area contributed by atoms with Gasteiger partial charge in [0.05, 0.1) is 5.69 Å². The van der Waals surface area contributed by atoms with Crippen LogP contribution in [0.25, 0.3) is 0 Å². The lowest BCUT2D eigenvalue weighted by atomic mass is 9.61. The van der Waals surface area contributed by atoms with Gasteiger partial charge >= 0.3 is 0 Å². The molecule has 3 rings (SSSR count). The van der Waals surface area contributed by atoms with Crippen LogP contribution in [-0.4, -0.2) is 24.1 Å². The van der Waals surface area contributed by atoms with Gasteiger partial charge in [0.2, 0.25) is 0 Å². The van der Waals surface area contributed by atoms with Crippen molar-refractivity contribution in [1.82, 2.24) is 4.98 Å². The number of anilines is 1. The first-order valence-corrected chi connectivity index (χ1v) is 5.52. The average Bonchev–Trinajstić information content (AvgIpc) is 2.10. The van der Waals surface area contributed by atoms with Crippen molar-refractivity contribution >= 4 is 5.69 Å². The van der Waals surface area contributed by atoms with Crippen molar-refractivity contribution in [3.63, 3.8) is 0 Å². The van der Waals surface area contributed by atoms with Crippen LogP contribution < -0.4 is 10.6 Å². The predicted octanol–water partition coefficient (Wildman–Crippen LogP) is 1.12. The van der Waals surface area contributed by atoms with Crippen LogP contribution >= 0.6 is 0 Å². The van der Waals surface area contributed by atoms with Crippen LogP contribution in [0.2, 0.25) is 0 Å². The van der Waals surface area contributed by atoms with Gasteiger partial charge in [-0.1, -0.05) is 0 Å². The van der Waals surface area contributed by atoms with Crippen molar-refractivity contribution in [2.75, 3.05) is 18.0 Å². The van der Waals surface area contributed by atoms with Crippen molar-refractivity contribution in [3.8, 4) is 0 Å². The summed E-state index contributed by atoms with van der Waals surface area (Å²) in [5, 5.41) is 0. The van der Waals surface area contributed by atoms with Gasteiger partial charge in [0.15, 0.2) is 0 Å². The van der Waals surface area contributed by atoms with Crippen molar-refractivity contribution in [3.05, 3.63) is 24.0 Å². The average molecular weight is 202 g/mol. The summed E-state index contributed by atoms with van der Waals surface area (Å²) in [5.74, 6) is 0. The molecule has 3 nitrogen and oxygen atoms in total. The highest BCUT2D eigenvalue weighted by Gasteiger charge is 2.51. The Balaban J connectivity index is 1.70. The summed E-state index contributed by atoms with van der Waals surface area (Å²) < 4.78 is 0. The van der Waals surface area contributed by atoms with Crippen molar-refractivity contribution in [2.24, 2.45) is 11.1 Å². The molecule has 0 bridgehead atoms. The molecule has 15 heavy (non-hydrogen) atoms. The third-order valence-corrected chi connectivity index (χ3v) is 3.70. The number of rotatable bonds is 1. The molecular weight excluding hydrogens is 186 g/mol. The smallest absolute Gasteiger partial charge is 0.114 e. The van der Waals surface area contributed by atoms with E-state index in [1.807, 2.05) is 6.07 Å². The highest BCUT2D eigenvalue weighted by molar-refractivity contribution is 5.53. The quantitative estimate of drug-likeness (QED) is 0.742. The highest BCUT2D eigenvalue weighted by Crippen LogP contribution is 2.49. The largest absolute Gasteiger partial charge is 0.368 e. The molecule has 1 aromatic rings. The topological polar surface area (TPSA) is 42.2 Å². The van der Waals surface area contributed by atoms with Gasteiger partial charge in [-0.25, -0.2) is 0 Å². The van der Waals surface area contributed by atoms with Crippen molar-refractivity contribution < 1.29 is 0 Å². The maximum atomic E-state index is 5.84. The summed E-state index contributed by atoms with van der Waals surface area (Å²) in [4.78, 5) is 6.43. The minimum absolute atomic E-state index is 0.450. The molecular formula is C12H16N3. The molecule has 0 amide bonds. The SMILES string of the molecule is Cc1ccn[c]c1N1CC2(CC(N)C2)C1. The molecule has 1 saturated carbocycles. The van der Waals surface area contributed by atoms with Crippen LogP contribution in [0.3, 0.4) is 0 Å². The monoisotopic (exact) mass is 202 g/mol. The van der Waals surface area contributed by atoms with Gasteiger partial charge < -0.3 is 10.6 Å². The molecule has 1 aromatic heterocycles. The summed E-state index contributed by atoms with van der Waals surface area (Å²) in [6, 6.07) is 2.50. The molecule has 2 heterocycles. The molecule has 0 aromatic carbocycles. The molecule has 3 heteroatoms. The third kappa shape index (κ3) is 1.34. The molecule has 2 fully saturated rings. The first-order valence-electron chi connectivity index (χ1n) is 5.52. The van der Waals surface area contributed by atoms with Gasteiger partial charge in [-0.05, 0) is 31.4 Å². The van der Waals surface area contributed by atoms with E-state index in [1.165, 1.54) is 24.1 Å². The Bertz CT molecular complexity index is 374. The molecule has 0 atom stereocenters. The van der Waals surface area contributed by atoms with E-state index >= 15 is 0 Å². The van der Waals surface area contributed by atoms with E-state index in [4.69, 9.17) is 5.73 Å². The fourth-order valence-corrected chi connectivity index (χ4v) is 2.97. The van der Waals surface area contributed by atoms with E-state index in [9.17, 15) is 0 Å². The summed E-state index contributed by atoms with van der Waals surface area (Å²) in [5.41, 5.74) is 8.81. The zero-order valence-electron chi connectivity index (χ0n) is 9.03. The van der Waals surface area contributed by atoms with Crippen LogP contribution in [0.1, 0.15) is 18.4 Å². The molecule has 79 valence electrons. The summed E-state index contributed by atoms with van der Waals surface area (Å²) in [7, 11) is 0. The van der Waals surface area contributed by atoms with Crippen LogP contribution in [-0.2, 0) is 0 Å². The lowest BCUT2D eigenvalue weighted by Gasteiger charge is -2.59. The Kier molecular flexibility index (Phi) is 1.80. The lowest BCUT2D eigenvalue weighted by molar-refractivity contribution is 0.0663. The molecule has 1 aliphatic carbocycles. The predicted molar refractivity (Wildman–Crippen MR) is 59.7 cm³/mol. The van der Waals surface area contributed by atoms with Crippen molar-refractivity contribution in [1.29, 1.82) is 0 Å². The van der Waals surface area contributed by atoms with Crippen LogP contribution in [0.5, 0.6) is 0 Å². The molecule has 1 saturated heterocycles. The number of nitrogens with zero attached hydrogens (tertiary/aromatic N) is 2. The van der Waals surface area contributed by atoms with Gasteiger partial charge in [-0.2, -0.15) is 0 Å². The first-order chi connectivity index (χ1) is 7.19. The van der Waals surface area contributed by atoms with Gasteiger partial charge in [0, 0.05) is 30.7 Å². The molecule has 1 aliphatic heterocycles. The summed E-state index contributed by atoms with van der Waals surface area (Å²) >= 11 is 0. The maximum absolute atomic E-state index is 5.84. The minimum Gasteiger partial charge on any atom is -0.368 e. The molecule has 2 aliphatic rings. The van der Waals surface area contributed by atoms with E-state index in [1.54, 1.807) is 6.20 Å². The van der Waals surface area contributed by atoms with E-state index < -0.39 is 0 Å². The molecule has 0 unspecified atom stereocenters. The number of aromatic nitrogens is 1. The van der Waals surface area contributed by atoms with E-state index in [0.29, 0.717) is 11.5 Å². The normalized spacial score (nSPS) is 23.7. The van der Waals surface area contributed by atoms with Gasteiger partial charge in [0.1, 0.15) is 6.20 Å². The highest BCUT2D eigenvalue weighted by atomic mass is 15.2. The fourth-order valence-electron chi connectivity index (χ4n) is 2.97. The van der Waals surface area contributed by atoms with Crippen LogP contribution in [0, 0.1) is 18.5 Å². The van der Waals surface area contributed by atoms with E-state index in [0.717, 1.165) is 13.1 Å². The lowest BCUT2D eigenvalue weighted by Crippen LogP contribution is -2.65. The zero-order chi connectivity index (χ0) is 10.5. The second-order valence-electron chi connectivity index (χ2n) is 5.11. The standard InChI is InChI=1S/C12H16N3/c1-9-2-3-14-6-11(9)15-7-12(8-15)4-10(13)5-12/h2-3,10H,4-5,7-8,13H2,1H3. The van der Waals surface area contributed by atoms with Gasteiger partial charge in [0.25, 0.3) is 0 Å². The minimum atomic E-state index is 0.450. The molecule has 1 radical (unpaired) electrons. The van der Waals surface area contributed by atoms with Gasteiger partial charge in [-0.3, -0.25) is 4.98 Å². The Morgan fingerprint density at radius 2 is 2.27 bits per heavy atom. The summed E-state index contributed by atoms with van der Waals surface area (Å²) in [6.07, 6.45) is 7.27.